The van der Waals surface area contributed by atoms with Crippen molar-refractivity contribution in [1.29, 1.82) is 0 Å². The number of unbranched alkanes of at least 4 members (excludes halogenated alkanes) is 1. The van der Waals surface area contributed by atoms with Crippen molar-refractivity contribution < 1.29 is 19.1 Å². The summed E-state index contributed by atoms with van der Waals surface area (Å²) in [6, 6.07) is 8.56. The van der Waals surface area contributed by atoms with Crippen molar-refractivity contribution in [2.24, 2.45) is 0 Å². The molecule has 0 heterocycles. The van der Waals surface area contributed by atoms with Gasteiger partial charge in [-0.3, -0.25) is 14.4 Å². The lowest BCUT2D eigenvalue weighted by atomic mass is 10.0. The zero-order valence-corrected chi connectivity index (χ0v) is 11.1. The number of carbonyl (C=O) groups excluding carboxylic acids is 3. The topological polar surface area (TPSA) is 60.4 Å². The van der Waals surface area contributed by atoms with Gasteiger partial charge in [0.1, 0.15) is 6.42 Å². The Kier molecular flexibility index (Phi) is 6.50. The molecular formula is C15H18O4. The summed E-state index contributed by atoms with van der Waals surface area (Å²) in [4.78, 5) is 34.6. The maximum atomic E-state index is 11.7. The molecule has 1 aromatic rings. The number of ketones is 2. The molecule has 0 N–H and O–H groups in total. The van der Waals surface area contributed by atoms with E-state index in [0.29, 0.717) is 12.2 Å². The van der Waals surface area contributed by atoms with Gasteiger partial charge in [-0.15, -0.1) is 0 Å². The van der Waals surface area contributed by atoms with Gasteiger partial charge in [-0.25, -0.2) is 0 Å². The average molecular weight is 262 g/mol. The monoisotopic (exact) mass is 262 g/mol. The lowest BCUT2D eigenvalue weighted by Gasteiger charge is -2.03. The molecule has 0 saturated carbocycles. The Labute approximate surface area is 112 Å². The molecule has 0 bridgehead atoms. The minimum Gasteiger partial charge on any atom is -0.465 e. The van der Waals surface area contributed by atoms with Gasteiger partial charge < -0.3 is 4.74 Å². The third-order valence-electron chi connectivity index (χ3n) is 2.56. The number of hydrogen-bond donors (Lipinski definition) is 0. The Morgan fingerprint density at radius 1 is 1.05 bits per heavy atom. The number of hydrogen-bond acceptors (Lipinski definition) is 4. The molecule has 102 valence electrons. The van der Waals surface area contributed by atoms with Crippen molar-refractivity contribution in [3.8, 4) is 0 Å². The maximum absolute atomic E-state index is 11.7. The van der Waals surface area contributed by atoms with Crippen LogP contribution in [0.3, 0.4) is 0 Å². The fraction of sp³-hybridized carbons (Fsp3) is 0.400. The summed E-state index contributed by atoms with van der Waals surface area (Å²) in [7, 11) is 0. The molecule has 0 radical (unpaired) electrons. The number of ether oxygens (including phenoxy) is 1. The first-order valence-electron chi connectivity index (χ1n) is 6.39. The lowest BCUT2D eigenvalue weighted by molar-refractivity contribution is -0.145. The number of Topliss-reactive ketones (excluding diaryl/α,β-unsaturated/α-hetero) is 2. The molecule has 0 saturated heterocycles. The zero-order chi connectivity index (χ0) is 14.1. The zero-order valence-electron chi connectivity index (χ0n) is 11.1. The van der Waals surface area contributed by atoms with Crippen LogP contribution in [0.5, 0.6) is 0 Å². The minimum absolute atomic E-state index is 0.257. The van der Waals surface area contributed by atoms with Crippen LogP contribution in [-0.4, -0.2) is 24.1 Å². The van der Waals surface area contributed by atoms with E-state index < -0.39 is 11.8 Å². The maximum Gasteiger partial charge on any atom is 0.313 e. The molecule has 0 aliphatic heterocycles. The van der Waals surface area contributed by atoms with Crippen molar-refractivity contribution in [2.45, 2.75) is 32.6 Å². The summed E-state index contributed by atoms with van der Waals surface area (Å²) >= 11 is 0. The highest BCUT2D eigenvalue weighted by Crippen LogP contribution is 2.05. The number of esters is 1. The van der Waals surface area contributed by atoms with Crippen LogP contribution in [0.4, 0.5) is 0 Å². The van der Waals surface area contributed by atoms with E-state index in [1.165, 1.54) is 0 Å². The summed E-state index contributed by atoms with van der Waals surface area (Å²) in [6.45, 7) is 2.31. The van der Waals surface area contributed by atoms with E-state index in [1.54, 1.807) is 30.3 Å². The molecule has 0 aromatic heterocycles. The van der Waals surface area contributed by atoms with Gasteiger partial charge in [0.05, 0.1) is 13.0 Å². The van der Waals surface area contributed by atoms with Gasteiger partial charge in [0.2, 0.25) is 0 Å². The minimum atomic E-state index is -0.556. The summed E-state index contributed by atoms with van der Waals surface area (Å²) in [5.41, 5.74) is 0.482. The van der Waals surface area contributed by atoms with Crippen LogP contribution in [-0.2, 0) is 14.3 Å². The standard InChI is InChI=1S/C15H18O4/c1-2-3-9-19-15(18)11-13(16)10-14(17)12-7-5-4-6-8-12/h4-8H,2-3,9-11H2,1H3. The molecule has 19 heavy (non-hydrogen) atoms. The fourth-order valence-corrected chi connectivity index (χ4v) is 1.51. The van der Waals surface area contributed by atoms with E-state index in [2.05, 4.69) is 0 Å². The van der Waals surface area contributed by atoms with Crippen LogP contribution in [0.1, 0.15) is 43.0 Å². The molecule has 0 fully saturated rings. The van der Waals surface area contributed by atoms with Crippen LogP contribution in [0, 0.1) is 0 Å². The molecule has 0 spiro atoms. The van der Waals surface area contributed by atoms with Gasteiger partial charge in [-0.1, -0.05) is 43.7 Å². The number of rotatable bonds is 8. The van der Waals surface area contributed by atoms with Crippen LogP contribution in [0.25, 0.3) is 0 Å². The first kappa shape index (κ1) is 15.1. The van der Waals surface area contributed by atoms with Gasteiger partial charge >= 0.3 is 5.97 Å². The summed E-state index contributed by atoms with van der Waals surface area (Å²) in [5.74, 6) is -1.23. The van der Waals surface area contributed by atoms with Crippen LogP contribution in [0.2, 0.25) is 0 Å². The summed E-state index contributed by atoms with van der Waals surface area (Å²) in [6.07, 6.45) is 1.12. The Morgan fingerprint density at radius 3 is 2.37 bits per heavy atom. The molecule has 1 aromatic carbocycles. The predicted octanol–water partition coefficient (Wildman–Crippen LogP) is 2.56. The lowest BCUT2D eigenvalue weighted by Crippen LogP contribution is -2.15. The first-order chi connectivity index (χ1) is 9.13. The third-order valence-corrected chi connectivity index (χ3v) is 2.56. The second-order valence-corrected chi connectivity index (χ2v) is 4.26. The number of benzene rings is 1. The van der Waals surface area contributed by atoms with Gasteiger partial charge in [0, 0.05) is 5.56 Å². The van der Waals surface area contributed by atoms with Crippen LogP contribution >= 0.6 is 0 Å². The second kappa shape index (κ2) is 8.19. The van der Waals surface area contributed by atoms with Crippen LogP contribution in [0.15, 0.2) is 30.3 Å². The van der Waals surface area contributed by atoms with Gasteiger partial charge in [0.25, 0.3) is 0 Å². The largest absolute Gasteiger partial charge is 0.465 e. The van der Waals surface area contributed by atoms with E-state index in [1.807, 2.05) is 6.92 Å². The SMILES string of the molecule is CCCCOC(=O)CC(=O)CC(=O)c1ccccc1. The fourth-order valence-electron chi connectivity index (χ4n) is 1.51. The van der Waals surface area contributed by atoms with Crippen molar-refractivity contribution in [3.63, 3.8) is 0 Å². The van der Waals surface area contributed by atoms with Crippen molar-refractivity contribution >= 4 is 17.5 Å². The van der Waals surface area contributed by atoms with E-state index in [0.717, 1.165) is 12.8 Å². The predicted molar refractivity (Wildman–Crippen MR) is 70.9 cm³/mol. The quantitative estimate of drug-likeness (QED) is 0.312. The van der Waals surface area contributed by atoms with Crippen molar-refractivity contribution in [2.75, 3.05) is 6.61 Å². The highest BCUT2D eigenvalue weighted by atomic mass is 16.5. The van der Waals surface area contributed by atoms with E-state index in [4.69, 9.17) is 4.74 Å². The van der Waals surface area contributed by atoms with Gasteiger partial charge in [0.15, 0.2) is 11.6 Å². The molecule has 0 atom stereocenters. The Morgan fingerprint density at radius 2 is 1.74 bits per heavy atom. The normalized spacial score (nSPS) is 9.95. The Bertz CT molecular complexity index is 437. The average Bonchev–Trinajstić information content (AvgIpc) is 2.39. The molecular weight excluding hydrogens is 244 g/mol. The number of carbonyl (C=O) groups is 3. The Balaban J connectivity index is 2.35. The molecule has 1 rings (SSSR count). The van der Waals surface area contributed by atoms with Crippen LogP contribution < -0.4 is 0 Å². The molecule has 4 heteroatoms. The van der Waals surface area contributed by atoms with Gasteiger partial charge in [-0.05, 0) is 6.42 Å². The summed E-state index contributed by atoms with van der Waals surface area (Å²) in [5, 5.41) is 0. The Hall–Kier alpha value is -1.97. The molecule has 0 aliphatic carbocycles. The van der Waals surface area contributed by atoms with Crippen molar-refractivity contribution in [1.82, 2.24) is 0 Å². The van der Waals surface area contributed by atoms with Gasteiger partial charge in [-0.2, -0.15) is 0 Å². The van der Waals surface area contributed by atoms with Crippen molar-refractivity contribution in [3.05, 3.63) is 35.9 Å². The molecule has 4 nitrogen and oxygen atoms in total. The summed E-state index contributed by atoms with van der Waals surface area (Å²) < 4.78 is 4.87. The highest BCUT2D eigenvalue weighted by molar-refractivity contribution is 6.11. The highest BCUT2D eigenvalue weighted by Gasteiger charge is 2.15. The van der Waals surface area contributed by atoms with E-state index in [-0.39, 0.29) is 18.6 Å². The molecule has 0 amide bonds. The van der Waals surface area contributed by atoms with E-state index in [9.17, 15) is 14.4 Å². The molecule has 0 aliphatic rings. The smallest absolute Gasteiger partial charge is 0.313 e. The first-order valence-corrected chi connectivity index (χ1v) is 6.39. The van der Waals surface area contributed by atoms with E-state index >= 15 is 0 Å². The molecule has 0 unspecified atom stereocenters. The third kappa shape index (κ3) is 5.95. The second-order valence-electron chi connectivity index (χ2n) is 4.26.